The van der Waals surface area contributed by atoms with Crippen molar-refractivity contribution in [2.45, 2.75) is 32.1 Å². The zero-order valence-electron chi connectivity index (χ0n) is 20.0. The van der Waals surface area contributed by atoms with Crippen LogP contribution >= 0.6 is 23.4 Å². The highest BCUT2D eigenvalue weighted by atomic mass is 35.5. The van der Waals surface area contributed by atoms with E-state index in [-0.39, 0.29) is 34.7 Å². The molecule has 0 fully saturated rings. The van der Waals surface area contributed by atoms with Crippen LogP contribution in [-0.2, 0) is 20.9 Å². The lowest BCUT2D eigenvalue weighted by atomic mass is 9.93. The number of amides is 1. The number of hydrogen-bond donors (Lipinski definition) is 0. The van der Waals surface area contributed by atoms with E-state index in [0.29, 0.717) is 12.2 Å². The Labute approximate surface area is 221 Å². The molecule has 2 aromatic carbocycles. The zero-order valence-corrected chi connectivity index (χ0v) is 21.5. The van der Waals surface area contributed by atoms with Gasteiger partial charge in [0.2, 0.25) is 5.91 Å². The summed E-state index contributed by atoms with van der Waals surface area (Å²) in [6.07, 6.45) is -5.04. The van der Waals surface area contributed by atoms with Gasteiger partial charge in [-0.2, -0.15) is 13.2 Å². The summed E-state index contributed by atoms with van der Waals surface area (Å²) in [5, 5.41) is 1.75. The van der Waals surface area contributed by atoms with Crippen LogP contribution in [0.4, 0.5) is 13.2 Å². The Balaban J connectivity index is 1.74. The molecule has 0 spiro atoms. The normalized spacial score (nSPS) is 17.2. The van der Waals surface area contributed by atoms with Crippen molar-refractivity contribution in [3.05, 3.63) is 93.1 Å². The second-order valence-corrected chi connectivity index (χ2v) is 9.55. The molecule has 4 rings (SSSR count). The van der Waals surface area contributed by atoms with E-state index < -0.39 is 29.5 Å². The van der Waals surface area contributed by atoms with Gasteiger partial charge in [0.25, 0.3) is 0 Å². The summed E-state index contributed by atoms with van der Waals surface area (Å²) in [4.78, 5) is 32.9. The fourth-order valence-corrected chi connectivity index (χ4v) is 5.27. The fourth-order valence-electron chi connectivity index (χ4n) is 4.11. The Bertz CT molecular complexity index is 1290. The summed E-state index contributed by atoms with van der Waals surface area (Å²) in [5.74, 6) is -1.40. The molecular weight excluding hydrogens is 527 g/mol. The minimum Gasteiger partial charge on any atom is -0.463 e. The van der Waals surface area contributed by atoms with E-state index in [0.717, 1.165) is 17.3 Å². The number of allylic oxidation sites excluding steroid dienone is 1. The van der Waals surface area contributed by atoms with Crippen molar-refractivity contribution in [3.8, 4) is 0 Å². The quantitative estimate of drug-likeness (QED) is 0.392. The molecular formula is C26H23ClF3N3O3S. The van der Waals surface area contributed by atoms with Crippen LogP contribution in [0.15, 0.2) is 82.0 Å². The standard InChI is InChI=1S/C26H23ClF3N3O3S/c1-3-36-24(35)21-22(18-11-7-8-12-19(18)27)33-17(15-37-25(33)31-23(21)26(28,29)30)13-20(34)32(2)14-16-9-5-4-6-10-16/h4-12,15,22H,3,13-14H2,1-2H3. The highest BCUT2D eigenvalue weighted by Gasteiger charge is 2.49. The molecule has 0 aromatic heterocycles. The maximum atomic E-state index is 14.1. The number of fused-ring (bicyclic) bond motifs is 1. The molecule has 2 heterocycles. The van der Waals surface area contributed by atoms with Crippen LogP contribution in [0.3, 0.4) is 0 Å². The number of alkyl halides is 3. The second kappa shape index (κ2) is 11.0. The Morgan fingerprint density at radius 3 is 2.46 bits per heavy atom. The SMILES string of the molecule is CCOC(=O)C1=C(C(F)(F)F)N=C2SC=C(CC(=O)N(C)Cc3ccccc3)N2C1c1ccccc1Cl. The van der Waals surface area contributed by atoms with E-state index in [4.69, 9.17) is 16.3 Å². The van der Waals surface area contributed by atoms with Gasteiger partial charge in [-0.15, -0.1) is 0 Å². The zero-order chi connectivity index (χ0) is 26.7. The minimum atomic E-state index is -4.92. The third-order valence-electron chi connectivity index (χ3n) is 5.79. The largest absolute Gasteiger partial charge is 0.463 e. The molecule has 0 saturated carbocycles. The Kier molecular flexibility index (Phi) is 7.99. The Morgan fingerprint density at radius 1 is 1.14 bits per heavy atom. The van der Waals surface area contributed by atoms with Gasteiger partial charge in [0.1, 0.15) is 0 Å². The molecule has 0 bridgehead atoms. The highest BCUT2D eigenvalue weighted by molar-refractivity contribution is 8.16. The van der Waals surface area contributed by atoms with Gasteiger partial charge in [-0.05, 0) is 29.5 Å². The number of carbonyl (C=O) groups is 2. The molecule has 11 heteroatoms. The van der Waals surface area contributed by atoms with Crippen molar-refractivity contribution >= 4 is 40.4 Å². The third-order valence-corrected chi connectivity index (χ3v) is 7.03. The van der Waals surface area contributed by atoms with E-state index in [2.05, 4.69) is 4.99 Å². The lowest BCUT2D eigenvalue weighted by molar-refractivity contribution is -0.140. The molecule has 2 aliphatic heterocycles. The number of hydrogen-bond acceptors (Lipinski definition) is 6. The maximum absolute atomic E-state index is 14.1. The summed E-state index contributed by atoms with van der Waals surface area (Å²) in [6.45, 7) is 1.74. The highest BCUT2D eigenvalue weighted by Crippen LogP contribution is 2.49. The first-order chi connectivity index (χ1) is 17.6. The number of benzene rings is 2. The topological polar surface area (TPSA) is 62.2 Å². The molecule has 2 aromatic rings. The molecule has 2 aliphatic rings. The van der Waals surface area contributed by atoms with Gasteiger partial charge >= 0.3 is 12.1 Å². The van der Waals surface area contributed by atoms with Gasteiger partial charge in [0.15, 0.2) is 10.9 Å². The summed E-state index contributed by atoms with van der Waals surface area (Å²) in [6, 6.07) is 14.5. The van der Waals surface area contributed by atoms with Crippen molar-refractivity contribution < 1.29 is 27.5 Å². The number of ether oxygens (including phenoxy) is 1. The summed E-state index contributed by atoms with van der Waals surface area (Å²) in [7, 11) is 1.65. The Morgan fingerprint density at radius 2 is 1.81 bits per heavy atom. The van der Waals surface area contributed by atoms with Crippen molar-refractivity contribution in [2.24, 2.45) is 4.99 Å². The first-order valence-corrected chi connectivity index (χ1v) is 12.6. The number of aliphatic imine (C=N–C) groups is 1. The molecule has 0 N–H and O–H groups in total. The molecule has 1 atom stereocenters. The van der Waals surface area contributed by atoms with Crippen LogP contribution in [-0.4, -0.2) is 46.7 Å². The average molecular weight is 550 g/mol. The van der Waals surface area contributed by atoms with Crippen LogP contribution in [0, 0.1) is 0 Å². The number of amidine groups is 1. The van der Waals surface area contributed by atoms with Gasteiger partial charge in [-0.1, -0.05) is 71.9 Å². The van der Waals surface area contributed by atoms with E-state index in [1.54, 1.807) is 30.7 Å². The molecule has 194 valence electrons. The number of thioether (sulfide) groups is 1. The molecule has 1 amide bonds. The first-order valence-electron chi connectivity index (χ1n) is 11.4. The van der Waals surface area contributed by atoms with Gasteiger partial charge < -0.3 is 14.5 Å². The molecule has 1 unspecified atom stereocenters. The first kappa shape index (κ1) is 26.8. The minimum absolute atomic E-state index is 0.00111. The number of carbonyl (C=O) groups excluding carboxylic acids is 2. The van der Waals surface area contributed by atoms with Crippen LogP contribution in [0.1, 0.15) is 30.5 Å². The van der Waals surface area contributed by atoms with Crippen LogP contribution in [0.2, 0.25) is 5.02 Å². The summed E-state index contributed by atoms with van der Waals surface area (Å²) >= 11 is 7.38. The van der Waals surface area contributed by atoms with Crippen molar-refractivity contribution in [2.75, 3.05) is 13.7 Å². The second-order valence-electron chi connectivity index (χ2n) is 8.31. The van der Waals surface area contributed by atoms with Crippen LogP contribution in [0.25, 0.3) is 0 Å². The van der Waals surface area contributed by atoms with Gasteiger partial charge in [0, 0.05) is 24.3 Å². The predicted molar refractivity (Wildman–Crippen MR) is 136 cm³/mol. The van der Waals surface area contributed by atoms with Crippen molar-refractivity contribution in [3.63, 3.8) is 0 Å². The van der Waals surface area contributed by atoms with E-state index in [1.807, 2.05) is 30.3 Å². The summed E-state index contributed by atoms with van der Waals surface area (Å²) in [5.41, 5.74) is -0.410. The lowest BCUT2D eigenvalue weighted by Crippen LogP contribution is -2.40. The molecule has 6 nitrogen and oxygen atoms in total. The third kappa shape index (κ3) is 5.70. The summed E-state index contributed by atoms with van der Waals surface area (Å²) < 4.78 is 47.5. The molecule has 0 aliphatic carbocycles. The smallest absolute Gasteiger partial charge is 0.434 e. The van der Waals surface area contributed by atoms with Crippen LogP contribution in [0.5, 0.6) is 0 Å². The molecule has 0 saturated heterocycles. The maximum Gasteiger partial charge on any atom is 0.434 e. The van der Waals surface area contributed by atoms with E-state index >= 15 is 0 Å². The van der Waals surface area contributed by atoms with Crippen LogP contribution < -0.4 is 0 Å². The number of rotatable bonds is 7. The molecule has 0 radical (unpaired) electrons. The molecule has 37 heavy (non-hydrogen) atoms. The number of nitrogens with zero attached hydrogens (tertiary/aromatic N) is 3. The lowest BCUT2D eigenvalue weighted by Gasteiger charge is -2.37. The number of halogens is 4. The van der Waals surface area contributed by atoms with E-state index in [1.165, 1.54) is 22.8 Å². The van der Waals surface area contributed by atoms with Crippen molar-refractivity contribution in [1.29, 1.82) is 0 Å². The fraction of sp³-hybridized carbons (Fsp3) is 0.269. The predicted octanol–water partition coefficient (Wildman–Crippen LogP) is 6.07. The number of esters is 1. The van der Waals surface area contributed by atoms with Gasteiger partial charge in [-0.3, -0.25) is 4.79 Å². The monoisotopic (exact) mass is 549 g/mol. The van der Waals surface area contributed by atoms with E-state index in [9.17, 15) is 22.8 Å². The van der Waals surface area contributed by atoms with Gasteiger partial charge in [-0.25, -0.2) is 9.79 Å². The van der Waals surface area contributed by atoms with Crippen molar-refractivity contribution in [1.82, 2.24) is 9.80 Å². The Hall–Kier alpha value is -3.24. The average Bonchev–Trinajstić information content (AvgIpc) is 3.26. The van der Waals surface area contributed by atoms with Gasteiger partial charge in [0.05, 0.1) is 24.6 Å².